The lowest BCUT2D eigenvalue weighted by atomic mass is 10.2. The molecule has 0 aliphatic carbocycles. The molecule has 0 aliphatic heterocycles. The van der Waals surface area contributed by atoms with Crippen LogP contribution < -0.4 is 19.7 Å². The summed E-state index contributed by atoms with van der Waals surface area (Å²) >= 11 is 0. The van der Waals surface area contributed by atoms with Gasteiger partial charge in [0.2, 0.25) is 0 Å². The molecule has 2 rings (SSSR count). The van der Waals surface area contributed by atoms with Gasteiger partial charge in [-0.1, -0.05) is 27.7 Å². The minimum atomic E-state index is -4.44. The van der Waals surface area contributed by atoms with Crippen molar-refractivity contribution in [3.05, 3.63) is 42.0 Å². The molecule has 2 aromatic rings. The Morgan fingerprint density at radius 1 is 1.00 bits per heavy atom. The Labute approximate surface area is 211 Å². The number of nitrogens with one attached hydrogen (secondary N) is 1. The van der Waals surface area contributed by atoms with Crippen molar-refractivity contribution in [1.29, 1.82) is 0 Å². The van der Waals surface area contributed by atoms with E-state index < -0.39 is 12.8 Å². The highest BCUT2D eigenvalue weighted by molar-refractivity contribution is 5.81. The third-order valence-corrected chi connectivity index (χ3v) is 3.90. The molecule has 8 nitrogen and oxygen atoms in total. The summed E-state index contributed by atoms with van der Waals surface area (Å²) in [6.45, 7) is 13.9. The van der Waals surface area contributed by atoms with Gasteiger partial charge in [-0.2, -0.15) is 13.2 Å². The number of anilines is 1. The van der Waals surface area contributed by atoms with Crippen molar-refractivity contribution < 1.29 is 32.5 Å². The zero-order valence-corrected chi connectivity index (χ0v) is 21.7. The summed E-state index contributed by atoms with van der Waals surface area (Å²) in [7, 11) is 2.81. The molecule has 0 unspecified atom stereocenters. The Balaban J connectivity index is 0. The van der Waals surface area contributed by atoms with Gasteiger partial charge in [0.05, 0.1) is 18.0 Å². The van der Waals surface area contributed by atoms with Crippen LogP contribution >= 0.6 is 0 Å². The standard InChI is InChI=1S/C20H21F3N4O3.2C2H6.CH4O/c1-24-16-6-5-15(29-11-20(21,22)23)9-19(16)30-13-26-12-27(3)18-7-4-14(10-28)8-17(18)25-2;3*1-2/h4-10,26H,1-2,11-13H2,3H3;2*1-2H3;2H,1H3. The summed E-state index contributed by atoms with van der Waals surface area (Å²) in [5.41, 5.74) is 2.16. The predicted octanol–water partition coefficient (Wildman–Crippen LogP) is 5.79. The molecule has 202 valence electrons. The number of benzene rings is 2. The molecular formula is C25H37F3N4O4. The fourth-order valence-corrected chi connectivity index (χ4v) is 2.49. The zero-order valence-electron chi connectivity index (χ0n) is 21.7. The summed E-state index contributed by atoms with van der Waals surface area (Å²) in [5, 5.41) is 10.0. The first-order valence-corrected chi connectivity index (χ1v) is 11.1. The second-order valence-corrected chi connectivity index (χ2v) is 6.11. The van der Waals surface area contributed by atoms with E-state index in [0.29, 0.717) is 23.6 Å². The predicted molar refractivity (Wildman–Crippen MR) is 141 cm³/mol. The van der Waals surface area contributed by atoms with Crippen molar-refractivity contribution in [2.45, 2.75) is 33.9 Å². The lowest BCUT2D eigenvalue weighted by molar-refractivity contribution is -0.153. The number of carbonyl (C=O) groups is 1. The van der Waals surface area contributed by atoms with Gasteiger partial charge in [0.1, 0.15) is 24.5 Å². The number of aliphatic hydroxyl groups is 1. The van der Waals surface area contributed by atoms with Crippen LogP contribution in [0.5, 0.6) is 11.5 Å². The second kappa shape index (κ2) is 19.8. The number of hydrogen-bond acceptors (Lipinski definition) is 8. The van der Waals surface area contributed by atoms with Crippen LogP contribution in [-0.4, -0.2) is 65.2 Å². The quantitative estimate of drug-likeness (QED) is 0.171. The number of halogens is 3. The molecule has 36 heavy (non-hydrogen) atoms. The molecule has 0 radical (unpaired) electrons. The Bertz CT molecular complexity index is 909. The van der Waals surface area contributed by atoms with Gasteiger partial charge in [0.15, 0.2) is 12.4 Å². The maximum absolute atomic E-state index is 12.3. The van der Waals surface area contributed by atoms with E-state index in [2.05, 4.69) is 28.7 Å². The molecule has 0 fully saturated rings. The van der Waals surface area contributed by atoms with Crippen molar-refractivity contribution >= 4 is 36.8 Å². The second-order valence-electron chi connectivity index (χ2n) is 6.11. The topological polar surface area (TPSA) is 95.8 Å². The van der Waals surface area contributed by atoms with Crippen LogP contribution in [0, 0.1) is 0 Å². The molecule has 0 atom stereocenters. The molecule has 0 aliphatic rings. The van der Waals surface area contributed by atoms with Crippen LogP contribution in [0.4, 0.5) is 30.2 Å². The van der Waals surface area contributed by atoms with E-state index in [0.717, 1.165) is 19.1 Å². The Hall–Kier alpha value is -3.44. The SMILES string of the molecule is C=Nc1ccc(OCC(F)(F)F)cc1OCNCN(C)c1ccc(C=O)cc1N=C.CC.CC.CO. The average Bonchev–Trinajstić information content (AvgIpc) is 2.92. The largest absolute Gasteiger partial charge is 0.484 e. The first kappa shape index (κ1) is 34.7. The third-order valence-electron chi connectivity index (χ3n) is 3.90. The molecular weight excluding hydrogens is 477 g/mol. The normalized spacial score (nSPS) is 9.61. The van der Waals surface area contributed by atoms with Crippen LogP contribution in [0.3, 0.4) is 0 Å². The van der Waals surface area contributed by atoms with Gasteiger partial charge in [0, 0.05) is 25.8 Å². The molecule has 0 aromatic heterocycles. The van der Waals surface area contributed by atoms with Crippen molar-refractivity contribution in [3.8, 4) is 11.5 Å². The van der Waals surface area contributed by atoms with Crippen molar-refractivity contribution in [3.63, 3.8) is 0 Å². The number of aldehydes is 1. The first-order chi connectivity index (χ1) is 17.3. The minimum absolute atomic E-state index is 0.00353. The van der Waals surface area contributed by atoms with Crippen LogP contribution in [0.25, 0.3) is 0 Å². The van der Waals surface area contributed by atoms with Crippen LogP contribution in [0.15, 0.2) is 46.4 Å². The van der Waals surface area contributed by atoms with E-state index in [4.69, 9.17) is 14.6 Å². The van der Waals surface area contributed by atoms with E-state index in [1.165, 1.54) is 18.2 Å². The fourth-order valence-electron chi connectivity index (χ4n) is 2.49. The minimum Gasteiger partial charge on any atom is -0.484 e. The molecule has 0 heterocycles. The maximum atomic E-state index is 12.3. The van der Waals surface area contributed by atoms with E-state index in [1.807, 2.05) is 32.6 Å². The first-order valence-electron chi connectivity index (χ1n) is 11.1. The van der Waals surface area contributed by atoms with E-state index in [-0.39, 0.29) is 18.2 Å². The molecule has 11 heteroatoms. The number of carbonyl (C=O) groups excluding carboxylic acids is 1. The zero-order chi connectivity index (χ0) is 28.1. The highest BCUT2D eigenvalue weighted by Gasteiger charge is 2.28. The number of hydrogen-bond donors (Lipinski definition) is 2. The number of alkyl halides is 3. The van der Waals surface area contributed by atoms with Crippen molar-refractivity contribution in [1.82, 2.24) is 5.32 Å². The van der Waals surface area contributed by atoms with E-state index in [1.54, 1.807) is 25.2 Å². The third kappa shape index (κ3) is 12.9. The number of rotatable bonds is 11. The summed E-state index contributed by atoms with van der Waals surface area (Å²) < 4.78 is 47.2. The highest BCUT2D eigenvalue weighted by atomic mass is 19.4. The average molecular weight is 515 g/mol. The van der Waals surface area contributed by atoms with Gasteiger partial charge in [-0.3, -0.25) is 20.1 Å². The maximum Gasteiger partial charge on any atom is 0.422 e. The summed E-state index contributed by atoms with van der Waals surface area (Å²) in [6, 6.07) is 9.17. The number of ether oxygens (including phenoxy) is 2. The number of aliphatic hydroxyl groups excluding tert-OH is 1. The Kier molecular flexibility index (Phi) is 19.1. The molecule has 0 saturated carbocycles. The Morgan fingerprint density at radius 2 is 1.61 bits per heavy atom. The molecule has 0 bridgehead atoms. The fraction of sp³-hybridized carbons (Fsp3) is 0.400. The smallest absolute Gasteiger partial charge is 0.422 e. The molecule has 0 saturated heterocycles. The van der Waals surface area contributed by atoms with Crippen LogP contribution in [0.2, 0.25) is 0 Å². The number of aliphatic imine (C=N–C) groups is 2. The van der Waals surface area contributed by atoms with E-state index >= 15 is 0 Å². The molecule has 0 amide bonds. The van der Waals surface area contributed by atoms with Gasteiger partial charge >= 0.3 is 6.18 Å². The van der Waals surface area contributed by atoms with Gasteiger partial charge in [0.25, 0.3) is 0 Å². The molecule has 2 N–H and O–H groups in total. The summed E-state index contributed by atoms with van der Waals surface area (Å²) in [6.07, 6.45) is -3.71. The van der Waals surface area contributed by atoms with Gasteiger partial charge < -0.3 is 19.5 Å². The highest BCUT2D eigenvalue weighted by Crippen LogP contribution is 2.32. The van der Waals surface area contributed by atoms with Gasteiger partial charge in [-0.05, 0) is 43.8 Å². The summed E-state index contributed by atoms with van der Waals surface area (Å²) in [4.78, 5) is 20.4. The van der Waals surface area contributed by atoms with Crippen LogP contribution in [0.1, 0.15) is 38.1 Å². The lowest BCUT2D eigenvalue weighted by Gasteiger charge is -2.22. The lowest BCUT2D eigenvalue weighted by Crippen LogP contribution is -2.33. The van der Waals surface area contributed by atoms with E-state index in [9.17, 15) is 18.0 Å². The molecule has 0 spiro atoms. The van der Waals surface area contributed by atoms with Crippen molar-refractivity contribution in [2.75, 3.05) is 39.1 Å². The summed E-state index contributed by atoms with van der Waals surface area (Å²) in [5.74, 6) is 0.229. The molecule has 2 aromatic carbocycles. The monoisotopic (exact) mass is 514 g/mol. The van der Waals surface area contributed by atoms with Gasteiger partial charge in [-0.25, -0.2) is 0 Å². The number of nitrogens with zero attached hydrogens (tertiary/aromatic N) is 3. The van der Waals surface area contributed by atoms with Crippen molar-refractivity contribution in [2.24, 2.45) is 9.98 Å². The Morgan fingerprint density at radius 3 is 2.14 bits per heavy atom. The van der Waals surface area contributed by atoms with Crippen LogP contribution in [-0.2, 0) is 0 Å². The van der Waals surface area contributed by atoms with Gasteiger partial charge in [-0.15, -0.1) is 0 Å².